The molecule has 7 nitrogen and oxygen atoms in total. The van der Waals surface area contributed by atoms with Crippen molar-refractivity contribution in [1.82, 2.24) is 20.4 Å². The summed E-state index contributed by atoms with van der Waals surface area (Å²) in [5, 5.41) is 19.6. The highest BCUT2D eigenvalue weighted by atomic mass is 19.1. The second kappa shape index (κ2) is 10.3. The van der Waals surface area contributed by atoms with E-state index in [0.717, 1.165) is 18.4 Å². The number of para-hydroxylation sites is 1. The summed E-state index contributed by atoms with van der Waals surface area (Å²) in [6, 6.07) is 6.65. The first-order valence-corrected chi connectivity index (χ1v) is 10.0. The molecule has 0 spiro atoms. The lowest BCUT2D eigenvalue weighted by molar-refractivity contribution is -0.125. The molecule has 0 saturated carbocycles. The highest BCUT2D eigenvalue weighted by Crippen LogP contribution is 2.22. The van der Waals surface area contributed by atoms with Crippen LogP contribution in [0, 0.1) is 5.41 Å². The van der Waals surface area contributed by atoms with Crippen molar-refractivity contribution in [3.63, 3.8) is 0 Å². The van der Waals surface area contributed by atoms with Gasteiger partial charge in [0.05, 0.1) is 18.8 Å². The fourth-order valence-electron chi connectivity index (χ4n) is 3.15. The Morgan fingerprint density at radius 3 is 2.59 bits per heavy atom. The van der Waals surface area contributed by atoms with Gasteiger partial charge in [0.15, 0.2) is 5.69 Å². The van der Waals surface area contributed by atoms with E-state index in [0.29, 0.717) is 18.4 Å². The second-order valence-corrected chi connectivity index (χ2v) is 8.13. The number of aromatic nitrogens is 2. The van der Waals surface area contributed by atoms with Gasteiger partial charge in [-0.2, -0.15) is 5.10 Å². The first-order chi connectivity index (χ1) is 13.8. The van der Waals surface area contributed by atoms with Crippen molar-refractivity contribution in [2.75, 3.05) is 19.8 Å². The number of fused-ring (bicyclic) bond motifs is 1. The first kappa shape index (κ1) is 22.8. The predicted molar refractivity (Wildman–Crippen MR) is 110 cm³/mol. The van der Waals surface area contributed by atoms with Gasteiger partial charge in [-0.05, 0) is 30.7 Å². The third kappa shape index (κ3) is 6.00. The van der Waals surface area contributed by atoms with Gasteiger partial charge in [0, 0.05) is 18.5 Å². The number of hydrogen-bond donors (Lipinski definition) is 3. The molecule has 2 aromatic rings. The zero-order valence-electron chi connectivity index (χ0n) is 17.4. The maximum atomic E-state index is 13.0. The van der Waals surface area contributed by atoms with Gasteiger partial charge in [0.25, 0.3) is 5.91 Å². The van der Waals surface area contributed by atoms with Crippen molar-refractivity contribution in [3.05, 3.63) is 30.0 Å². The van der Waals surface area contributed by atoms with Crippen LogP contribution in [0.1, 0.15) is 50.5 Å². The molecule has 3 N–H and O–H groups in total. The number of nitrogens with zero attached hydrogens (tertiary/aromatic N) is 2. The van der Waals surface area contributed by atoms with E-state index in [1.54, 1.807) is 4.68 Å². The molecule has 0 fully saturated rings. The number of benzene rings is 1. The molecule has 1 aromatic carbocycles. The number of halogens is 1. The van der Waals surface area contributed by atoms with Gasteiger partial charge < -0.3 is 15.7 Å². The third-order valence-electron chi connectivity index (χ3n) is 4.69. The van der Waals surface area contributed by atoms with Gasteiger partial charge in [-0.1, -0.05) is 39.0 Å². The summed E-state index contributed by atoms with van der Waals surface area (Å²) in [5.41, 5.74) is 0.560. The Hall–Kier alpha value is -2.48. The number of carbonyl (C=O) groups is 2. The van der Waals surface area contributed by atoms with Crippen molar-refractivity contribution >= 4 is 22.7 Å². The van der Waals surface area contributed by atoms with Gasteiger partial charge in [-0.15, -0.1) is 0 Å². The van der Waals surface area contributed by atoms with E-state index in [-0.39, 0.29) is 31.4 Å². The minimum atomic E-state index is -0.782. The molecule has 1 heterocycles. The summed E-state index contributed by atoms with van der Waals surface area (Å²) in [5.74, 6) is -0.780. The lowest BCUT2D eigenvalue weighted by Gasteiger charge is -2.30. The maximum absolute atomic E-state index is 13.0. The molecule has 8 heteroatoms. The molecular weight excluding hydrogens is 375 g/mol. The molecular formula is C21H31FN4O3. The first-order valence-electron chi connectivity index (χ1n) is 10.0. The van der Waals surface area contributed by atoms with Gasteiger partial charge in [-0.3, -0.25) is 18.7 Å². The molecule has 0 radical (unpaired) electrons. The monoisotopic (exact) mass is 406 g/mol. The minimum Gasteiger partial charge on any atom is -0.395 e. The van der Waals surface area contributed by atoms with Gasteiger partial charge in [0.2, 0.25) is 5.91 Å². The van der Waals surface area contributed by atoms with E-state index < -0.39 is 17.4 Å². The normalized spacial score (nSPS) is 12.7. The molecule has 160 valence electrons. The Kier molecular flexibility index (Phi) is 8.13. The van der Waals surface area contributed by atoms with Crippen LogP contribution in [0.25, 0.3) is 10.9 Å². The van der Waals surface area contributed by atoms with Crippen LogP contribution in [0.2, 0.25) is 0 Å². The van der Waals surface area contributed by atoms with Crippen LogP contribution in [0.15, 0.2) is 24.3 Å². The summed E-state index contributed by atoms with van der Waals surface area (Å²) < 4.78 is 14.1. The van der Waals surface area contributed by atoms with Gasteiger partial charge >= 0.3 is 0 Å². The number of carbonyl (C=O) groups excluding carboxylic acids is 2. The summed E-state index contributed by atoms with van der Waals surface area (Å²) in [6.45, 7) is 5.79. The van der Waals surface area contributed by atoms with Crippen LogP contribution in [0.5, 0.6) is 0 Å². The zero-order valence-corrected chi connectivity index (χ0v) is 17.4. The Labute approximate surface area is 170 Å². The number of aliphatic hydroxyl groups is 1. The smallest absolute Gasteiger partial charge is 0.273 e. The van der Waals surface area contributed by atoms with Crippen LogP contribution < -0.4 is 10.6 Å². The Bertz CT molecular complexity index is 829. The van der Waals surface area contributed by atoms with Crippen molar-refractivity contribution in [2.24, 2.45) is 5.41 Å². The largest absolute Gasteiger partial charge is 0.395 e. The van der Waals surface area contributed by atoms with Crippen LogP contribution >= 0.6 is 0 Å². The van der Waals surface area contributed by atoms with Gasteiger partial charge in [0.1, 0.15) is 6.04 Å². The standard InChI is InChI=1S/C21H31FN4O3/c1-21(2,3)18(20(29)23-12-14-27)24-19(28)17-15-9-5-6-10-16(15)26(25-17)13-8-4-7-11-22/h5-6,9-10,18,27H,4,7-8,11-14H2,1-3H3,(H,23,29)(H,24,28). The number of nitrogens with one attached hydrogen (secondary N) is 2. The van der Waals surface area contributed by atoms with E-state index in [4.69, 9.17) is 5.11 Å². The number of rotatable bonds is 10. The molecule has 1 aromatic heterocycles. The van der Waals surface area contributed by atoms with E-state index >= 15 is 0 Å². The zero-order chi connectivity index (χ0) is 21.4. The molecule has 29 heavy (non-hydrogen) atoms. The molecule has 0 aliphatic heterocycles. The quantitative estimate of drug-likeness (QED) is 0.528. The lowest BCUT2D eigenvalue weighted by atomic mass is 9.86. The SMILES string of the molecule is CC(C)(C)C(NC(=O)c1nn(CCCCCF)c2ccccc12)C(=O)NCCO. The Morgan fingerprint density at radius 2 is 1.93 bits per heavy atom. The van der Waals surface area contributed by atoms with Crippen molar-refractivity contribution in [1.29, 1.82) is 0 Å². The number of aryl methyl sites for hydroxylation is 1. The number of hydrogen-bond acceptors (Lipinski definition) is 4. The summed E-state index contributed by atoms with van der Waals surface area (Å²) in [7, 11) is 0. The number of amides is 2. The van der Waals surface area contributed by atoms with E-state index in [1.807, 2.05) is 45.0 Å². The topological polar surface area (TPSA) is 96.2 Å². The summed E-state index contributed by atoms with van der Waals surface area (Å²) in [4.78, 5) is 25.5. The van der Waals surface area contributed by atoms with Crippen LogP contribution in [0.4, 0.5) is 4.39 Å². The Balaban J connectivity index is 2.25. The van der Waals surface area contributed by atoms with E-state index in [9.17, 15) is 14.0 Å². The van der Waals surface area contributed by atoms with E-state index in [1.165, 1.54) is 0 Å². The molecule has 0 aliphatic carbocycles. The highest BCUT2D eigenvalue weighted by Gasteiger charge is 2.33. The number of unbranched alkanes of at least 4 members (excludes halogenated alkanes) is 2. The van der Waals surface area contributed by atoms with Gasteiger partial charge in [-0.25, -0.2) is 0 Å². The fraction of sp³-hybridized carbons (Fsp3) is 0.571. The average Bonchev–Trinajstić information content (AvgIpc) is 3.05. The van der Waals surface area contributed by atoms with Crippen molar-refractivity contribution in [3.8, 4) is 0 Å². The Morgan fingerprint density at radius 1 is 1.21 bits per heavy atom. The number of alkyl halides is 1. The summed E-state index contributed by atoms with van der Waals surface area (Å²) in [6.07, 6.45) is 2.04. The predicted octanol–water partition coefficient (Wildman–Crippen LogP) is 2.43. The third-order valence-corrected chi connectivity index (χ3v) is 4.69. The molecule has 0 saturated heterocycles. The van der Waals surface area contributed by atoms with Crippen molar-refractivity contribution in [2.45, 2.75) is 52.6 Å². The molecule has 1 atom stereocenters. The average molecular weight is 407 g/mol. The lowest BCUT2D eigenvalue weighted by Crippen LogP contribution is -2.54. The molecule has 1 unspecified atom stereocenters. The maximum Gasteiger partial charge on any atom is 0.273 e. The second-order valence-electron chi connectivity index (χ2n) is 8.13. The minimum absolute atomic E-state index is 0.123. The highest BCUT2D eigenvalue weighted by molar-refractivity contribution is 6.06. The molecule has 2 amide bonds. The summed E-state index contributed by atoms with van der Waals surface area (Å²) >= 11 is 0. The van der Waals surface area contributed by atoms with E-state index in [2.05, 4.69) is 15.7 Å². The van der Waals surface area contributed by atoms with Crippen LogP contribution in [-0.2, 0) is 11.3 Å². The van der Waals surface area contributed by atoms with Crippen LogP contribution in [0.3, 0.4) is 0 Å². The molecule has 0 bridgehead atoms. The fourth-order valence-corrected chi connectivity index (χ4v) is 3.15. The van der Waals surface area contributed by atoms with Crippen LogP contribution in [-0.4, -0.2) is 52.6 Å². The number of aliphatic hydroxyl groups excluding tert-OH is 1. The molecule has 0 aliphatic rings. The van der Waals surface area contributed by atoms with Crippen molar-refractivity contribution < 1.29 is 19.1 Å². The molecule has 2 rings (SSSR count).